The summed E-state index contributed by atoms with van der Waals surface area (Å²) in [6.07, 6.45) is 2.22. The Kier molecular flexibility index (Phi) is 4.50. The lowest BCUT2D eigenvalue weighted by Crippen LogP contribution is -2.38. The molecule has 1 N–H and O–H groups in total. The SMILES string of the molecule is CC1SC(c2cccc(F)c2)N(CC2CCNCC2)C1=O. The number of carbonyl (C=O) groups excluding carboxylic acids is 1. The number of benzene rings is 1. The summed E-state index contributed by atoms with van der Waals surface area (Å²) < 4.78 is 13.5. The van der Waals surface area contributed by atoms with Gasteiger partial charge in [-0.3, -0.25) is 4.79 Å². The Morgan fingerprint density at radius 1 is 1.38 bits per heavy atom. The molecule has 2 unspecified atom stereocenters. The lowest BCUT2D eigenvalue weighted by atomic mass is 9.97. The minimum Gasteiger partial charge on any atom is -0.325 e. The van der Waals surface area contributed by atoms with E-state index in [4.69, 9.17) is 0 Å². The quantitative estimate of drug-likeness (QED) is 0.932. The highest BCUT2D eigenvalue weighted by Gasteiger charge is 2.39. The van der Waals surface area contributed by atoms with Crippen LogP contribution < -0.4 is 5.32 Å². The topological polar surface area (TPSA) is 32.3 Å². The van der Waals surface area contributed by atoms with E-state index in [0.717, 1.165) is 38.0 Å². The van der Waals surface area contributed by atoms with Gasteiger partial charge in [0.2, 0.25) is 5.91 Å². The second kappa shape index (κ2) is 6.36. The maximum absolute atomic E-state index is 13.5. The molecule has 0 saturated carbocycles. The zero-order chi connectivity index (χ0) is 14.8. The first-order chi connectivity index (χ1) is 10.1. The number of rotatable bonds is 3. The zero-order valence-electron chi connectivity index (χ0n) is 12.2. The van der Waals surface area contributed by atoms with Gasteiger partial charge in [0.1, 0.15) is 11.2 Å². The summed E-state index contributed by atoms with van der Waals surface area (Å²) in [6.45, 7) is 4.79. The van der Waals surface area contributed by atoms with Crippen LogP contribution in [0.1, 0.15) is 30.7 Å². The molecule has 1 aromatic rings. The van der Waals surface area contributed by atoms with E-state index < -0.39 is 0 Å². The van der Waals surface area contributed by atoms with Crippen LogP contribution in [0, 0.1) is 11.7 Å². The van der Waals surface area contributed by atoms with E-state index in [1.165, 1.54) is 6.07 Å². The van der Waals surface area contributed by atoms with Crippen molar-refractivity contribution in [2.24, 2.45) is 5.92 Å². The van der Waals surface area contributed by atoms with Crippen LogP contribution >= 0.6 is 11.8 Å². The average molecular weight is 308 g/mol. The van der Waals surface area contributed by atoms with Gasteiger partial charge in [0.15, 0.2) is 0 Å². The van der Waals surface area contributed by atoms with Gasteiger partial charge in [-0.05, 0) is 56.5 Å². The van der Waals surface area contributed by atoms with Crippen molar-refractivity contribution in [1.82, 2.24) is 10.2 Å². The van der Waals surface area contributed by atoms with Crippen molar-refractivity contribution >= 4 is 17.7 Å². The van der Waals surface area contributed by atoms with E-state index in [0.29, 0.717) is 5.92 Å². The smallest absolute Gasteiger partial charge is 0.236 e. The number of halogens is 1. The lowest BCUT2D eigenvalue weighted by molar-refractivity contribution is -0.130. The predicted molar refractivity (Wildman–Crippen MR) is 83.5 cm³/mol. The molecule has 1 amide bonds. The first-order valence-electron chi connectivity index (χ1n) is 7.57. The summed E-state index contributed by atoms with van der Waals surface area (Å²) in [7, 11) is 0. The Morgan fingerprint density at radius 2 is 2.14 bits per heavy atom. The molecule has 2 aliphatic heterocycles. The van der Waals surface area contributed by atoms with Crippen LogP contribution in [0.15, 0.2) is 24.3 Å². The third-order valence-electron chi connectivity index (χ3n) is 4.29. The maximum atomic E-state index is 13.5. The van der Waals surface area contributed by atoms with Crippen molar-refractivity contribution in [2.75, 3.05) is 19.6 Å². The number of nitrogens with one attached hydrogen (secondary N) is 1. The van der Waals surface area contributed by atoms with E-state index in [2.05, 4.69) is 5.32 Å². The van der Waals surface area contributed by atoms with Gasteiger partial charge >= 0.3 is 0 Å². The van der Waals surface area contributed by atoms with Crippen LogP contribution in [0.25, 0.3) is 0 Å². The molecule has 2 aliphatic rings. The molecule has 21 heavy (non-hydrogen) atoms. The summed E-state index contributed by atoms with van der Waals surface area (Å²) in [5.41, 5.74) is 0.895. The monoisotopic (exact) mass is 308 g/mol. The second-order valence-electron chi connectivity index (χ2n) is 5.87. The fraction of sp³-hybridized carbons (Fsp3) is 0.562. The molecule has 3 nitrogen and oxygen atoms in total. The number of amides is 1. The summed E-state index contributed by atoms with van der Waals surface area (Å²) in [4.78, 5) is 14.4. The van der Waals surface area contributed by atoms with Gasteiger partial charge in [-0.1, -0.05) is 12.1 Å². The first-order valence-corrected chi connectivity index (χ1v) is 8.51. The van der Waals surface area contributed by atoms with E-state index >= 15 is 0 Å². The van der Waals surface area contributed by atoms with Crippen molar-refractivity contribution in [3.63, 3.8) is 0 Å². The summed E-state index contributed by atoms with van der Waals surface area (Å²) in [6, 6.07) is 6.65. The first kappa shape index (κ1) is 14.9. The molecule has 0 bridgehead atoms. The average Bonchev–Trinajstić information content (AvgIpc) is 2.77. The van der Waals surface area contributed by atoms with E-state index in [1.54, 1.807) is 23.9 Å². The van der Waals surface area contributed by atoms with Crippen molar-refractivity contribution < 1.29 is 9.18 Å². The molecule has 5 heteroatoms. The third kappa shape index (κ3) is 3.24. The summed E-state index contributed by atoms with van der Waals surface area (Å²) in [5, 5.41) is 3.27. The number of hydrogen-bond donors (Lipinski definition) is 1. The van der Waals surface area contributed by atoms with Gasteiger partial charge in [0.05, 0.1) is 5.25 Å². The molecule has 0 aliphatic carbocycles. The highest BCUT2D eigenvalue weighted by Crippen LogP contribution is 2.43. The van der Waals surface area contributed by atoms with Crippen LogP contribution in [0.2, 0.25) is 0 Å². The Labute approximate surface area is 129 Å². The van der Waals surface area contributed by atoms with Crippen LogP contribution in [0.4, 0.5) is 4.39 Å². The van der Waals surface area contributed by atoms with Crippen molar-refractivity contribution in [3.8, 4) is 0 Å². The highest BCUT2D eigenvalue weighted by atomic mass is 32.2. The number of thioether (sulfide) groups is 1. The normalized spacial score (nSPS) is 27.3. The number of nitrogens with zero attached hydrogens (tertiary/aromatic N) is 1. The minimum absolute atomic E-state index is 0.0417. The molecule has 114 valence electrons. The molecule has 2 heterocycles. The van der Waals surface area contributed by atoms with Gasteiger partial charge in [-0.2, -0.15) is 0 Å². The van der Waals surface area contributed by atoms with Gasteiger partial charge in [0.25, 0.3) is 0 Å². The molecule has 3 rings (SSSR count). The van der Waals surface area contributed by atoms with Crippen LogP contribution in [0.5, 0.6) is 0 Å². The fourth-order valence-corrected chi connectivity index (χ4v) is 4.40. The van der Waals surface area contributed by atoms with Crippen LogP contribution in [-0.4, -0.2) is 35.7 Å². The van der Waals surface area contributed by atoms with E-state index in [-0.39, 0.29) is 22.3 Å². The summed E-state index contributed by atoms with van der Waals surface area (Å²) in [5.74, 6) is 0.506. The Bertz CT molecular complexity index is 519. The molecule has 0 aromatic heterocycles. The van der Waals surface area contributed by atoms with Crippen molar-refractivity contribution in [1.29, 1.82) is 0 Å². The Balaban J connectivity index is 1.78. The molecule has 2 fully saturated rings. The minimum atomic E-state index is -0.234. The highest BCUT2D eigenvalue weighted by molar-refractivity contribution is 8.01. The third-order valence-corrected chi connectivity index (χ3v) is 5.69. The zero-order valence-corrected chi connectivity index (χ0v) is 13.0. The molecular formula is C16H21FN2OS. The van der Waals surface area contributed by atoms with Gasteiger partial charge in [-0.25, -0.2) is 4.39 Å². The van der Waals surface area contributed by atoms with Gasteiger partial charge < -0.3 is 10.2 Å². The van der Waals surface area contributed by atoms with E-state index in [1.807, 2.05) is 17.9 Å². The van der Waals surface area contributed by atoms with Crippen molar-refractivity contribution in [2.45, 2.75) is 30.4 Å². The molecule has 0 spiro atoms. The van der Waals surface area contributed by atoms with Crippen LogP contribution in [0.3, 0.4) is 0 Å². The van der Waals surface area contributed by atoms with Crippen molar-refractivity contribution in [3.05, 3.63) is 35.6 Å². The summed E-state index contributed by atoms with van der Waals surface area (Å²) >= 11 is 1.63. The van der Waals surface area contributed by atoms with E-state index in [9.17, 15) is 9.18 Å². The predicted octanol–water partition coefficient (Wildman–Crippen LogP) is 2.79. The second-order valence-corrected chi connectivity index (χ2v) is 7.30. The van der Waals surface area contributed by atoms with Crippen LogP contribution in [-0.2, 0) is 4.79 Å². The number of hydrogen-bond acceptors (Lipinski definition) is 3. The Hall–Kier alpha value is -1.07. The fourth-order valence-electron chi connectivity index (χ4n) is 3.12. The number of piperidine rings is 1. The maximum Gasteiger partial charge on any atom is 0.236 e. The lowest BCUT2D eigenvalue weighted by Gasteiger charge is -2.31. The molecule has 1 aromatic carbocycles. The molecule has 2 saturated heterocycles. The standard InChI is InChI=1S/C16H21FN2OS/c1-11-15(20)19(10-12-5-7-18-8-6-12)16(21-11)13-3-2-4-14(17)9-13/h2-4,9,11-12,16,18H,5-8,10H2,1H3. The van der Waals surface area contributed by atoms with Gasteiger partial charge in [0, 0.05) is 6.54 Å². The number of carbonyl (C=O) groups is 1. The largest absolute Gasteiger partial charge is 0.325 e. The molecular weight excluding hydrogens is 287 g/mol. The molecule has 2 atom stereocenters. The Morgan fingerprint density at radius 3 is 2.86 bits per heavy atom. The van der Waals surface area contributed by atoms with Gasteiger partial charge in [-0.15, -0.1) is 11.8 Å². The molecule has 0 radical (unpaired) electrons.